The van der Waals surface area contributed by atoms with Gasteiger partial charge in [-0.15, -0.1) is 0 Å². The first kappa shape index (κ1) is 60.2. The predicted molar refractivity (Wildman–Crippen MR) is 266 cm³/mol. The minimum Gasteiger partial charge on any atom is -0.462 e. The van der Waals surface area contributed by atoms with Crippen LogP contribution in [-0.4, -0.2) is 37.2 Å². The van der Waals surface area contributed by atoms with E-state index < -0.39 is 6.10 Å². The van der Waals surface area contributed by atoms with E-state index >= 15 is 0 Å². The molecule has 0 saturated carbocycles. The molecule has 0 amide bonds. The van der Waals surface area contributed by atoms with Crippen molar-refractivity contribution < 1.29 is 28.6 Å². The van der Waals surface area contributed by atoms with Crippen molar-refractivity contribution in [2.75, 3.05) is 13.2 Å². The van der Waals surface area contributed by atoms with E-state index in [-0.39, 0.29) is 31.1 Å². The summed E-state index contributed by atoms with van der Waals surface area (Å²) in [6.07, 6.45) is 57.7. The van der Waals surface area contributed by atoms with Gasteiger partial charge in [0.05, 0.1) is 0 Å². The van der Waals surface area contributed by atoms with Gasteiger partial charge >= 0.3 is 17.9 Å². The summed E-state index contributed by atoms with van der Waals surface area (Å²) in [4.78, 5) is 38.0. The van der Waals surface area contributed by atoms with E-state index in [4.69, 9.17) is 14.2 Å². The molecule has 0 aromatic carbocycles. The molecule has 62 heavy (non-hydrogen) atoms. The lowest BCUT2D eigenvalue weighted by Crippen LogP contribution is -2.30. The van der Waals surface area contributed by atoms with Gasteiger partial charge in [-0.05, 0) is 44.9 Å². The van der Waals surface area contributed by atoms with Crippen LogP contribution in [-0.2, 0) is 28.6 Å². The molecule has 0 aliphatic heterocycles. The Morgan fingerprint density at radius 1 is 0.306 bits per heavy atom. The van der Waals surface area contributed by atoms with E-state index in [9.17, 15) is 14.4 Å². The van der Waals surface area contributed by atoms with E-state index in [0.717, 1.165) is 70.6 Å². The van der Waals surface area contributed by atoms with Crippen LogP contribution in [0.2, 0.25) is 0 Å². The molecule has 0 fully saturated rings. The summed E-state index contributed by atoms with van der Waals surface area (Å²) < 4.78 is 16.8. The van der Waals surface area contributed by atoms with Crippen LogP contribution in [0, 0.1) is 0 Å². The van der Waals surface area contributed by atoms with E-state index in [1.165, 1.54) is 199 Å². The maximum Gasteiger partial charge on any atom is 0.306 e. The smallest absolute Gasteiger partial charge is 0.306 e. The average molecular weight is 875 g/mol. The highest BCUT2D eigenvalue weighted by molar-refractivity contribution is 5.71. The largest absolute Gasteiger partial charge is 0.462 e. The van der Waals surface area contributed by atoms with Crippen LogP contribution in [0.3, 0.4) is 0 Å². The molecule has 6 heteroatoms. The summed E-state index contributed by atoms with van der Waals surface area (Å²) in [5.74, 6) is -0.867. The van der Waals surface area contributed by atoms with Crippen LogP contribution in [0.15, 0.2) is 12.2 Å². The standard InChI is InChI=1S/C56H106O6/c1-4-7-10-13-16-19-22-24-26-27-28-29-30-32-34-37-40-43-46-49-55(58)61-52-53(51-60-54(57)48-45-42-39-36-33-21-18-15-12-9-6-3)62-56(59)50-47-44-41-38-35-31-25-23-20-17-14-11-8-5-2/h31,35,53H,4-30,32-34,36-52H2,1-3H3/b35-31-. The Bertz CT molecular complexity index is 962. The van der Waals surface area contributed by atoms with Crippen molar-refractivity contribution in [1.82, 2.24) is 0 Å². The highest BCUT2D eigenvalue weighted by Crippen LogP contribution is 2.17. The summed E-state index contributed by atoms with van der Waals surface area (Å²) in [5, 5.41) is 0. The lowest BCUT2D eigenvalue weighted by atomic mass is 10.0. The zero-order chi connectivity index (χ0) is 45.1. The van der Waals surface area contributed by atoms with Gasteiger partial charge in [-0.3, -0.25) is 14.4 Å². The van der Waals surface area contributed by atoms with E-state index in [1.807, 2.05) is 0 Å². The van der Waals surface area contributed by atoms with Crippen molar-refractivity contribution in [1.29, 1.82) is 0 Å². The molecule has 6 nitrogen and oxygen atoms in total. The first-order valence-electron chi connectivity index (χ1n) is 27.7. The third kappa shape index (κ3) is 49.2. The number of allylic oxidation sites excluding steroid dienone is 2. The fraction of sp³-hybridized carbons (Fsp3) is 0.911. The number of carbonyl (C=O) groups excluding carboxylic acids is 3. The Hall–Kier alpha value is -1.85. The summed E-state index contributed by atoms with van der Waals surface area (Å²) >= 11 is 0. The van der Waals surface area contributed by atoms with E-state index in [1.54, 1.807) is 0 Å². The van der Waals surface area contributed by atoms with E-state index in [2.05, 4.69) is 32.9 Å². The molecule has 0 heterocycles. The van der Waals surface area contributed by atoms with Crippen LogP contribution >= 0.6 is 0 Å². The Morgan fingerprint density at radius 2 is 0.532 bits per heavy atom. The molecule has 0 N–H and O–H groups in total. The normalized spacial score (nSPS) is 12.0. The second-order valence-corrected chi connectivity index (χ2v) is 18.9. The molecule has 0 aromatic heterocycles. The number of esters is 3. The minimum atomic E-state index is -0.771. The molecule has 1 unspecified atom stereocenters. The van der Waals surface area contributed by atoms with Crippen molar-refractivity contribution in [2.24, 2.45) is 0 Å². The van der Waals surface area contributed by atoms with Gasteiger partial charge in [-0.2, -0.15) is 0 Å². The first-order chi connectivity index (χ1) is 30.5. The highest BCUT2D eigenvalue weighted by Gasteiger charge is 2.19. The van der Waals surface area contributed by atoms with Crippen molar-refractivity contribution >= 4 is 17.9 Å². The monoisotopic (exact) mass is 875 g/mol. The van der Waals surface area contributed by atoms with Crippen molar-refractivity contribution in [3.05, 3.63) is 12.2 Å². The topological polar surface area (TPSA) is 78.9 Å². The van der Waals surface area contributed by atoms with Gasteiger partial charge in [0.25, 0.3) is 0 Å². The van der Waals surface area contributed by atoms with Crippen molar-refractivity contribution in [3.63, 3.8) is 0 Å². The van der Waals surface area contributed by atoms with Gasteiger partial charge in [-0.1, -0.05) is 258 Å². The Morgan fingerprint density at radius 3 is 0.823 bits per heavy atom. The number of rotatable bonds is 51. The zero-order valence-corrected chi connectivity index (χ0v) is 41.9. The summed E-state index contributed by atoms with van der Waals surface area (Å²) in [6, 6.07) is 0. The third-order valence-corrected chi connectivity index (χ3v) is 12.5. The molecule has 0 aliphatic carbocycles. The van der Waals surface area contributed by atoms with E-state index in [0.29, 0.717) is 19.3 Å². The van der Waals surface area contributed by atoms with Crippen molar-refractivity contribution in [2.45, 2.75) is 316 Å². The van der Waals surface area contributed by atoms with Crippen LogP contribution in [0.4, 0.5) is 0 Å². The SMILES string of the molecule is CCCCCCCCC/C=C\CCCCCC(=O)OC(COC(=O)CCCCCCCCCCCCC)COC(=O)CCCCCCCCCCCCCCCCCCCCC. The summed E-state index contributed by atoms with van der Waals surface area (Å²) in [7, 11) is 0. The van der Waals surface area contributed by atoms with Crippen molar-refractivity contribution in [3.8, 4) is 0 Å². The number of carbonyl (C=O) groups is 3. The minimum absolute atomic E-state index is 0.0705. The maximum atomic E-state index is 12.8. The Balaban J connectivity index is 4.27. The lowest BCUT2D eigenvalue weighted by Gasteiger charge is -2.18. The third-order valence-electron chi connectivity index (χ3n) is 12.5. The van der Waals surface area contributed by atoms with Gasteiger partial charge in [0, 0.05) is 19.3 Å². The number of hydrogen-bond donors (Lipinski definition) is 0. The molecule has 366 valence electrons. The zero-order valence-electron chi connectivity index (χ0n) is 41.9. The van der Waals surface area contributed by atoms with Gasteiger partial charge in [-0.25, -0.2) is 0 Å². The quantitative estimate of drug-likeness (QED) is 0.0262. The fourth-order valence-corrected chi connectivity index (χ4v) is 8.32. The Labute approximate surface area is 386 Å². The molecule has 0 bridgehead atoms. The average Bonchev–Trinajstić information content (AvgIpc) is 3.27. The fourth-order valence-electron chi connectivity index (χ4n) is 8.32. The molecular formula is C56H106O6. The van der Waals surface area contributed by atoms with Crippen LogP contribution < -0.4 is 0 Å². The van der Waals surface area contributed by atoms with Crippen LogP contribution in [0.1, 0.15) is 310 Å². The molecule has 0 spiro atoms. The molecule has 0 aliphatic rings. The molecule has 0 saturated heterocycles. The summed E-state index contributed by atoms with van der Waals surface area (Å²) in [5.41, 5.74) is 0. The van der Waals surface area contributed by atoms with Gasteiger partial charge in [0.1, 0.15) is 13.2 Å². The molecule has 0 aromatic rings. The Kier molecular flexibility index (Phi) is 50.2. The molecule has 0 rings (SSSR count). The maximum absolute atomic E-state index is 12.8. The molecule has 0 radical (unpaired) electrons. The lowest BCUT2D eigenvalue weighted by molar-refractivity contribution is -0.167. The van der Waals surface area contributed by atoms with Gasteiger partial charge in [0.2, 0.25) is 0 Å². The second kappa shape index (κ2) is 51.8. The highest BCUT2D eigenvalue weighted by atomic mass is 16.6. The first-order valence-corrected chi connectivity index (χ1v) is 27.7. The molecular weight excluding hydrogens is 769 g/mol. The predicted octanol–water partition coefficient (Wildman–Crippen LogP) is 18.2. The van der Waals surface area contributed by atoms with Crippen LogP contribution in [0.5, 0.6) is 0 Å². The van der Waals surface area contributed by atoms with Gasteiger partial charge in [0.15, 0.2) is 6.10 Å². The second-order valence-electron chi connectivity index (χ2n) is 18.9. The number of hydrogen-bond acceptors (Lipinski definition) is 6. The number of unbranched alkanes of at least 4 members (excludes halogenated alkanes) is 38. The van der Waals surface area contributed by atoms with Crippen LogP contribution in [0.25, 0.3) is 0 Å². The summed E-state index contributed by atoms with van der Waals surface area (Å²) in [6.45, 7) is 6.66. The molecule has 1 atom stereocenters. The van der Waals surface area contributed by atoms with Gasteiger partial charge < -0.3 is 14.2 Å². The number of ether oxygens (including phenoxy) is 3.